The Kier molecular flexibility index (Phi) is 160. The van der Waals surface area contributed by atoms with E-state index in [1.54, 1.807) is 0 Å². The van der Waals surface area contributed by atoms with E-state index in [1.165, 1.54) is 0 Å². The van der Waals surface area contributed by atoms with Crippen LogP contribution in [-0.4, -0.2) is 20.3 Å². The molecule has 0 fully saturated rings. The van der Waals surface area contributed by atoms with Crippen LogP contribution in [-0.2, 0) is 21.1 Å². The molecular formula is H12N8O12Pt. The van der Waals surface area contributed by atoms with E-state index >= 15 is 0 Å². The largest absolute Gasteiger partial charge is 4.00 e. The molecule has 0 amide bonds. The van der Waals surface area contributed by atoms with Gasteiger partial charge in [-0.3, -0.25) is 0 Å². The van der Waals surface area contributed by atoms with Gasteiger partial charge in [0.05, 0.1) is 20.3 Å². The molecule has 0 spiro atoms. The number of nitrogens with zero attached hydrogens (tertiary/aromatic N) is 4. The second-order valence-corrected chi connectivity index (χ2v) is 0.894. The predicted octanol–water partition coefficient (Wildman–Crippen LogP) is -0.311. The molecule has 0 aromatic carbocycles. The van der Waals surface area contributed by atoms with Crippen molar-refractivity contribution in [3.8, 4) is 0 Å². The quantitative estimate of drug-likeness (QED) is 0.239. The molecule has 0 saturated heterocycles. The molecule has 0 saturated carbocycles. The molecule has 0 aromatic heterocycles. The molecule has 0 radical (unpaired) electrons. The van der Waals surface area contributed by atoms with Crippen molar-refractivity contribution in [2.75, 3.05) is 0 Å². The van der Waals surface area contributed by atoms with Crippen LogP contribution < -0.4 is 24.6 Å². The van der Waals surface area contributed by atoms with Crippen molar-refractivity contribution < 1.29 is 41.4 Å². The van der Waals surface area contributed by atoms with E-state index in [0.29, 0.717) is 0 Å². The van der Waals surface area contributed by atoms with Gasteiger partial charge in [0.25, 0.3) is 0 Å². The topological polar surface area (TPSA) is 405 Å². The van der Waals surface area contributed by atoms with Gasteiger partial charge >= 0.3 is 21.1 Å². The van der Waals surface area contributed by atoms with E-state index in [0.717, 1.165) is 0 Å². The molecule has 0 bridgehead atoms. The summed E-state index contributed by atoms with van der Waals surface area (Å²) < 4.78 is 0. The van der Waals surface area contributed by atoms with Crippen LogP contribution in [0.1, 0.15) is 0 Å². The maximum absolute atomic E-state index is 8.25. The van der Waals surface area contributed by atoms with Crippen LogP contribution in [0.5, 0.6) is 0 Å². The number of rotatable bonds is 0. The molecule has 21 heavy (non-hydrogen) atoms. The van der Waals surface area contributed by atoms with E-state index < -0.39 is 20.3 Å². The molecule has 0 rings (SSSR count). The monoisotopic (exact) mass is 511 g/mol. The van der Waals surface area contributed by atoms with Gasteiger partial charge in [-0.25, -0.2) is 0 Å². The Morgan fingerprint density at radius 3 is 0.381 bits per heavy atom. The molecule has 0 unspecified atom stereocenters. The minimum absolute atomic E-state index is 0. The molecule has 0 aromatic rings. The second-order valence-electron chi connectivity index (χ2n) is 0.894. The van der Waals surface area contributed by atoms with Crippen molar-refractivity contribution in [3.63, 3.8) is 0 Å². The van der Waals surface area contributed by atoms with E-state index in [-0.39, 0.29) is 45.7 Å². The zero-order valence-corrected chi connectivity index (χ0v) is 12.1. The van der Waals surface area contributed by atoms with Crippen LogP contribution in [0.25, 0.3) is 0 Å². The summed E-state index contributed by atoms with van der Waals surface area (Å²) in [4.78, 5) is 33.0. The maximum Gasteiger partial charge on any atom is 4.00 e. The van der Waals surface area contributed by atoms with Gasteiger partial charge in [0.1, 0.15) is 0 Å². The summed E-state index contributed by atoms with van der Waals surface area (Å²) in [6.07, 6.45) is 0. The molecule has 21 heteroatoms. The fraction of sp³-hybridized carbons (Fsp3) is 0. The predicted molar refractivity (Wildman–Crippen MR) is 61.5 cm³/mol. The first kappa shape index (κ1) is 63.2. The normalized spacial score (nSPS) is 4.57. The standard InChI is InChI=1S/4NO3.4H3N.Pt/c4*2-1(3)4;;;;;/h;;;;4*1H3;/q4*-1;;;;;+4. The van der Waals surface area contributed by atoms with Gasteiger partial charge in [-0.15, -0.1) is 0 Å². The molecule has 12 N–H and O–H groups in total. The molecule has 0 aliphatic carbocycles. The third-order valence-corrected chi connectivity index (χ3v) is 0. The summed E-state index contributed by atoms with van der Waals surface area (Å²) in [5.41, 5.74) is 0. The Balaban J connectivity index is -0.0000000121. The van der Waals surface area contributed by atoms with Gasteiger partial charge < -0.3 is 85.9 Å². The van der Waals surface area contributed by atoms with Crippen molar-refractivity contribution in [3.05, 3.63) is 61.3 Å². The van der Waals surface area contributed by atoms with Crippen molar-refractivity contribution in [1.29, 1.82) is 0 Å². The molecule has 0 heterocycles. The fourth-order valence-corrected chi connectivity index (χ4v) is 0. The average molecular weight is 511 g/mol. The smallest absolute Gasteiger partial charge is 0.356 e. The van der Waals surface area contributed by atoms with Crippen molar-refractivity contribution >= 4 is 0 Å². The summed E-state index contributed by atoms with van der Waals surface area (Å²) >= 11 is 0. The number of hydrogen-bond acceptors (Lipinski definition) is 16. The third-order valence-electron chi connectivity index (χ3n) is 0. The average Bonchev–Trinajstić information content (AvgIpc) is 1.76. The van der Waals surface area contributed by atoms with Crippen LogP contribution in [0.2, 0.25) is 0 Å². The minimum atomic E-state index is -1.75. The Bertz CT molecular complexity index is 165. The second kappa shape index (κ2) is 53.1. The molecule has 134 valence electrons. The van der Waals surface area contributed by atoms with E-state index in [4.69, 9.17) is 61.3 Å². The molecular weight excluding hydrogens is 499 g/mol. The van der Waals surface area contributed by atoms with Crippen LogP contribution in [0.4, 0.5) is 0 Å². The van der Waals surface area contributed by atoms with Crippen molar-refractivity contribution in [1.82, 2.24) is 24.6 Å². The van der Waals surface area contributed by atoms with Crippen LogP contribution >= 0.6 is 0 Å². The first-order valence-corrected chi connectivity index (χ1v) is 2.19. The molecule has 0 aliphatic heterocycles. The number of hydrogen-bond donors (Lipinski definition) is 4. The first-order chi connectivity index (χ1) is 6.93. The van der Waals surface area contributed by atoms with Crippen molar-refractivity contribution in [2.24, 2.45) is 0 Å². The maximum atomic E-state index is 8.25. The summed E-state index contributed by atoms with van der Waals surface area (Å²) in [5.74, 6) is 0. The Morgan fingerprint density at radius 1 is 0.381 bits per heavy atom. The minimum Gasteiger partial charge on any atom is -0.356 e. The molecule has 0 atom stereocenters. The third kappa shape index (κ3) is 570. The van der Waals surface area contributed by atoms with Crippen LogP contribution in [0, 0.1) is 61.3 Å². The Labute approximate surface area is 128 Å². The van der Waals surface area contributed by atoms with Gasteiger partial charge in [-0.2, -0.15) is 0 Å². The summed E-state index contributed by atoms with van der Waals surface area (Å²) in [6, 6.07) is 0. The molecule has 20 nitrogen and oxygen atoms in total. The Hall–Kier alpha value is -2.67. The zero-order chi connectivity index (χ0) is 14.3. The van der Waals surface area contributed by atoms with Gasteiger partial charge in [0.2, 0.25) is 0 Å². The summed E-state index contributed by atoms with van der Waals surface area (Å²) in [7, 11) is 0. The van der Waals surface area contributed by atoms with Crippen molar-refractivity contribution in [2.45, 2.75) is 0 Å². The SMILES string of the molecule is N.N.N.N.O=[N+]([O-])[O-].O=[N+]([O-])[O-].O=[N+]([O-])[O-].O=[N+]([O-])[O-].[Pt+4]. The summed E-state index contributed by atoms with van der Waals surface area (Å²) in [6.45, 7) is 0. The van der Waals surface area contributed by atoms with Gasteiger partial charge in [-0.1, -0.05) is 0 Å². The van der Waals surface area contributed by atoms with Gasteiger partial charge in [-0.05, 0) is 0 Å². The Morgan fingerprint density at radius 2 is 0.381 bits per heavy atom. The van der Waals surface area contributed by atoms with Crippen LogP contribution in [0.15, 0.2) is 0 Å². The van der Waals surface area contributed by atoms with Gasteiger partial charge in [0, 0.05) is 0 Å². The first-order valence-electron chi connectivity index (χ1n) is 2.19. The van der Waals surface area contributed by atoms with E-state index in [2.05, 4.69) is 0 Å². The van der Waals surface area contributed by atoms with Crippen LogP contribution in [0.3, 0.4) is 0 Å². The molecule has 0 aliphatic rings. The zero-order valence-electron chi connectivity index (χ0n) is 9.83. The summed E-state index contributed by atoms with van der Waals surface area (Å²) in [5, 5.41) is 59.0. The van der Waals surface area contributed by atoms with E-state index in [1.807, 2.05) is 0 Å². The van der Waals surface area contributed by atoms with E-state index in [9.17, 15) is 0 Å². The fourth-order valence-electron chi connectivity index (χ4n) is 0. The van der Waals surface area contributed by atoms with Gasteiger partial charge in [0.15, 0.2) is 0 Å².